The van der Waals surface area contributed by atoms with E-state index in [2.05, 4.69) is 49.9 Å². The zero-order chi connectivity index (χ0) is 26.1. The van der Waals surface area contributed by atoms with Crippen LogP contribution in [0.2, 0.25) is 0 Å². The van der Waals surface area contributed by atoms with Crippen LogP contribution in [0, 0.1) is 5.92 Å². The van der Waals surface area contributed by atoms with Crippen LogP contribution in [0.3, 0.4) is 0 Å². The highest BCUT2D eigenvalue weighted by Crippen LogP contribution is 2.24. The minimum atomic E-state index is 0.589. The number of unbranched alkanes of at least 4 members (excludes halogenated alkanes) is 22. The first-order valence-electron chi connectivity index (χ1n) is 16.9. The van der Waals surface area contributed by atoms with Crippen LogP contribution in [-0.2, 0) is 0 Å². The highest BCUT2D eigenvalue weighted by atomic mass is 15.4. The first kappa shape index (κ1) is 33.4. The third-order valence-corrected chi connectivity index (χ3v) is 8.27. The van der Waals surface area contributed by atoms with Crippen molar-refractivity contribution in [1.82, 2.24) is 9.80 Å². The van der Waals surface area contributed by atoms with Crippen molar-refractivity contribution in [3.05, 3.63) is 12.4 Å². The van der Waals surface area contributed by atoms with Gasteiger partial charge in [0.25, 0.3) is 0 Å². The fourth-order valence-electron chi connectivity index (χ4n) is 5.99. The second kappa shape index (κ2) is 24.7. The summed E-state index contributed by atoms with van der Waals surface area (Å²) in [5, 5.41) is 0. The molecule has 0 radical (unpaired) electrons. The molecule has 0 N–H and O–H groups in total. The standard InChI is InChI=1S/C34H68N2/c1-5-7-9-11-13-15-16-17-18-19-20-22-24-26-28-30-36-32-31-35(34(36)33(3)4)29-27-25-23-21-14-12-10-8-6-2/h31-34H,5-30H2,1-4H3. The molecule has 0 bridgehead atoms. The van der Waals surface area contributed by atoms with Crippen molar-refractivity contribution in [3.8, 4) is 0 Å². The average molecular weight is 505 g/mol. The van der Waals surface area contributed by atoms with E-state index in [4.69, 9.17) is 0 Å². The molecule has 2 nitrogen and oxygen atoms in total. The van der Waals surface area contributed by atoms with Gasteiger partial charge in [0.15, 0.2) is 0 Å². The van der Waals surface area contributed by atoms with E-state index in [0.717, 1.165) is 0 Å². The molecule has 0 aromatic carbocycles. The Morgan fingerprint density at radius 3 is 0.917 bits per heavy atom. The van der Waals surface area contributed by atoms with E-state index in [1.54, 1.807) is 0 Å². The van der Waals surface area contributed by atoms with E-state index in [9.17, 15) is 0 Å². The summed E-state index contributed by atoms with van der Waals surface area (Å²) >= 11 is 0. The van der Waals surface area contributed by atoms with Gasteiger partial charge in [-0.05, 0) is 18.8 Å². The third kappa shape index (κ3) is 17.7. The van der Waals surface area contributed by atoms with Crippen molar-refractivity contribution in [1.29, 1.82) is 0 Å². The number of rotatable bonds is 27. The number of hydrogen-bond donors (Lipinski definition) is 0. The first-order chi connectivity index (χ1) is 17.7. The molecule has 1 aliphatic rings. The molecule has 0 spiro atoms. The Morgan fingerprint density at radius 2 is 0.667 bits per heavy atom. The van der Waals surface area contributed by atoms with Gasteiger partial charge in [-0.3, -0.25) is 0 Å². The van der Waals surface area contributed by atoms with Gasteiger partial charge >= 0.3 is 0 Å². The van der Waals surface area contributed by atoms with Crippen LogP contribution in [0.15, 0.2) is 12.4 Å². The van der Waals surface area contributed by atoms with Crippen LogP contribution in [0.5, 0.6) is 0 Å². The predicted molar refractivity (Wildman–Crippen MR) is 163 cm³/mol. The van der Waals surface area contributed by atoms with Crippen LogP contribution < -0.4 is 0 Å². The van der Waals surface area contributed by atoms with Crippen LogP contribution in [0.4, 0.5) is 0 Å². The summed E-state index contributed by atoms with van der Waals surface area (Å²) in [6.45, 7) is 11.9. The molecular weight excluding hydrogens is 436 g/mol. The van der Waals surface area contributed by atoms with Gasteiger partial charge in [0.2, 0.25) is 0 Å². The Balaban J connectivity index is 1.97. The summed E-state index contributed by atoms with van der Waals surface area (Å²) in [5.41, 5.74) is 0. The fraction of sp³-hybridized carbons (Fsp3) is 0.941. The van der Waals surface area contributed by atoms with E-state index >= 15 is 0 Å². The van der Waals surface area contributed by atoms with E-state index in [1.165, 1.54) is 167 Å². The normalized spacial score (nSPS) is 15.6. The quantitative estimate of drug-likeness (QED) is 0.103. The van der Waals surface area contributed by atoms with Gasteiger partial charge in [-0.2, -0.15) is 0 Å². The lowest BCUT2D eigenvalue weighted by Gasteiger charge is -2.36. The number of hydrogen-bond acceptors (Lipinski definition) is 2. The van der Waals surface area contributed by atoms with Gasteiger partial charge in [0.05, 0.1) is 0 Å². The lowest BCUT2D eigenvalue weighted by Crippen LogP contribution is -2.43. The van der Waals surface area contributed by atoms with Crippen molar-refractivity contribution in [2.24, 2.45) is 5.92 Å². The van der Waals surface area contributed by atoms with Crippen LogP contribution in [-0.4, -0.2) is 29.1 Å². The minimum absolute atomic E-state index is 0.589. The Morgan fingerprint density at radius 1 is 0.417 bits per heavy atom. The molecule has 0 aliphatic carbocycles. The van der Waals surface area contributed by atoms with Gasteiger partial charge in [-0.25, -0.2) is 0 Å². The molecule has 1 unspecified atom stereocenters. The second-order valence-corrected chi connectivity index (χ2v) is 12.2. The molecule has 0 aromatic heterocycles. The summed E-state index contributed by atoms with van der Waals surface area (Å²) in [4.78, 5) is 5.28. The largest absolute Gasteiger partial charge is 0.356 e. The molecular formula is C34H68N2. The molecule has 0 fully saturated rings. The van der Waals surface area contributed by atoms with Crippen molar-refractivity contribution >= 4 is 0 Å². The Kier molecular flexibility index (Phi) is 22.9. The third-order valence-electron chi connectivity index (χ3n) is 8.27. The summed E-state index contributed by atoms with van der Waals surface area (Å²) in [6, 6.07) is 0. The minimum Gasteiger partial charge on any atom is -0.356 e. The van der Waals surface area contributed by atoms with Crippen molar-refractivity contribution in [3.63, 3.8) is 0 Å². The van der Waals surface area contributed by atoms with Gasteiger partial charge in [0.1, 0.15) is 6.17 Å². The highest BCUT2D eigenvalue weighted by molar-refractivity contribution is 4.98. The molecule has 214 valence electrons. The van der Waals surface area contributed by atoms with Gasteiger partial charge in [-0.1, -0.05) is 169 Å². The Hall–Kier alpha value is -0.660. The van der Waals surface area contributed by atoms with Gasteiger partial charge in [0, 0.05) is 25.5 Å². The van der Waals surface area contributed by atoms with E-state index in [-0.39, 0.29) is 0 Å². The maximum absolute atomic E-state index is 2.64. The molecule has 1 atom stereocenters. The molecule has 0 saturated heterocycles. The van der Waals surface area contributed by atoms with Crippen LogP contribution in [0.1, 0.15) is 182 Å². The SMILES string of the molecule is CCCCCCCCCCCCCCCCCN1C=CN(CCCCCCCCCCC)C1C(C)C. The van der Waals surface area contributed by atoms with Crippen molar-refractivity contribution in [2.75, 3.05) is 13.1 Å². The summed E-state index contributed by atoms with van der Waals surface area (Å²) in [6.07, 6.45) is 39.8. The summed E-state index contributed by atoms with van der Waals surface area (Å²) < 4.78 is 0. The zero-order valence-electron chi connectivity index (χ0n) is 25.6. The lowest BCUT2D eigenvalue weighted by atomic mass is 10.0. The maximum atomic E-state index is 2.64. The Bertz CT molecular complexity index is 472. The molecule has 2 heteroatoms. The van der Waals surface area contributed by atoms with E-state index < -0.39 is 0 Å². The van der Waals surface area contributed by atoms with Crippen molar-refractivity contribution < 1.29 is 0 Å². The van der Waals surface area contributed by atoms with Crippen LogP contribution in [0.25, 0.3) is 0 Å². The van der Waals surface area contributed by atoms with E-state index in [0.29, 0.717) is 12.1 Å². The Labute approximate surface area is 229 Å². The molecule has 1 aliphatic heterocycles. The van der Waals surface area contributed by atoms with Crippen molar-refractivity contribution in [2.45, 2.75) is 188 Å². The summed E-state index contributed by atoms with van der Waals surface area (Å²) in [5.74, 6) is 0.690. The predicted octanol–water partition coefficient (Wildman–Crippen LogP) is 11.5. The van der Waals surface area contributed by atoms with E-state index in [1.807, 2.05) is 0 Å². The molecule has 0 saturated carbocycles. The molecule has 1 heterocycles. The highest BCUT2D eigenvalue weighted by Gasteiger charge is 2.28. The van der Waals surface area contributed by atoms with Gasteiger partial charge in [-0.15, -0.1) is 0 Å². The molecule has 0 aromatic rings. The monoisotopic (exact) mass is 505 g/mol. The average Bonchev–Trinajstić information content (AvgIpc) is 3.28. The molecule has 1 rings (SSSR count). The smallest absolute Gasteiger partial charge is 0.103 e. The van der Waals surface area contributed by atoms with Crippen LogP contribution >= 0.6 is 0 Å². The summed E-state index contributed by atoms with van der Waals surface area (Å²) in [7, 11) is 0. The lowest BCUT2D eigenvalue weighted by molar-refractivity contribution is 0.104. The second-order valence-electron chi connectivity index (χ2n) is 12.2. The first-order valence-corrected chi connectivity index (χ1v) is 16.9. The molecule has 0 amide bonds. The topological polar surface area (TPSA) is 6.48 Å². The zero-order valence-corrected chi connectivity index (χ0v) is 25.6. The number of nitrogens with zero attached hydrogens (tertiary/aromatic N) is 2. The maximum Gasteiger partial charge on any atom is 0.103 e. The van der Waals surface area contributed by atoms with Gasteiger partial charge < -0.3 is 9.80 Å². The fourth-order valence-corrected chi connectivity index (χ4v) is 5.99. The molecule has 36 heavy (non-hydrogen) atoms.